The molecule has 0 aliphatic heterocycles. The predicted molar refractivity (Wildman–Crippen MR) is 100 cm³/mol. The van der Waals surface area contributed by atoms with Crippen LogP contribution in [0.15, 0.2) is 24.3 Å². The Morgan fingerprint density at radius 1 is 1.08 bits per heavy atom. The molecule has 0 saturated carbocycles. The largest absolute Gasteiger partial charge is 0.326 e. The van der Waals surface area contributed by atoms with E-state index in [4.69, 9.17) is 0 Å². The molecule has 2 heterocycles. The topological polar surface area (TPSA) is 59.1 Å². The number of nitrogens with one attached hydrogen (secondary N) is 1. The van der Waals surface area contributed by atoms with E-state index >= 15 is 0 Å². The number of carbonyl (C=O) groups is 2. The molecule has 124 valence electrons. The SMILES string of the molecule is Cc1cc(C(=O)CCC(=O)Nc2ccc3nc(C)sc3c2)c(C)s1. The predicted octanol–water partition coefficient (Wildman–Crippen LogP) is 4.88. The first kappa shape index (κ1) is 16.8. The van der Waals surface area contributed by atoms with Crippen LogP contribution < -0.4 is 5.32 Å². The van der Waals surface area contributed by atoms with Gasteiger partial charge in [0.2, 0.25) is 5.91 Å². The molecule has 24 heavy (non-hydrogen) atoms. The molecule has 2 aromatic heterocycles. The van der Waals surface area contributed by atoms with Crippen molar-refractivity contribution in [3.05, 3.63) is 44.6 Å². The number of thiophene rings is 1. The van der Waals surface area contributed by atoms with Crippen LogP contribution in [-0.2, 0) is 4.79 Å². The fourth-order valence-electron chi connectivity index (χ4n) is 2.61. The summed E-state index contributed by atoms with van der Waals surface area (Å²) in [6, 6.07) is 7.57. The van der Waals surface area contributed by atoms with Crippen molar-refractivity contribution in [2.24, 2.45) is 0 Å². The van der Waals surface area contributed by atoms with Gasteiger partial charge in [-0.1, -0.05) is 0 Å². The summed E-state index contributed by atoms with van der Waals surface area (Å²) < 4.78 is 1.05. The number of nitrogens with zero attached hydrogens (tertiary/aromatic N) is 1. The molecule has 1 aromatic carbocycles. The first-order chi connectivity index (χ1) is 11.4. The summed E-state index contributed by atoms with van der Waals surface area (Å²) in [4.78, 5) is 30.9. The van der Waals surface area contributed by atoms with E-state index < -0.39 is 0 Å². The van der Waals surface area contributed by atoms with E-state index in [-0.39, 0.29) is 24.5 Å². The van der Waals surface area contributed by atoms with Gasteiger partial charge in [-0.3, -0.25) is 9.59 Å². The molecule has 0 radical (unpaired) electrons. The highest BCUT2D eigenvalue weighted by atomic mass is 32.1. The molecule has 0 bridgehead atoms. The third kappa shape index (κ3) is 3.71. The van der Waals surface area contributed by atoms with E-state index in [1.807, 2.05) is 45.0 Å². The Labute approximate surface area is 148 Å². The number of benzene rings is 1. The van der Waals surface area contributed by atoms with Crippen molar-refractivity contribution in [1.82, 2.24) is 4.98 Å². The fraction of sp³-hybridized carbons (Fsp3) is 0.278. The number of rotatable bonds is 5. The van der Waals surface area contributed by atoms with Crippen molar-refractivity contribution in [2.75, 3.05) is 5.32 Å². The summed E-state index contributed by atoms with van der Waals surface area (Å²) in [5, 5.41) is 3.86. The first-order valence-corrected chi connectivity index (χ1v) is 9.33. The van der Waals surface area contributed by atoms with Gasteiger partial charge >= 0.3 is 0 Å². The number of fused-ring (bicyclic) bond motifs is 1. The fourth-order valence-corrected chi connectivity index (χ4v) is 4.42. The second kappa shape index (κ2) is 6.83. The lowest BCUT2D eigenvalue weighted by molar-refractivity contribution is -0.116. The molecule has 6 heteroatoms. The maximum Gasteiger partial charge on any atom is 0.224 e. The van der Waals surface area contributed by atoms with Crippen LogP contribution in [0.2, 0.25) is 0 Å². The van der Waals surface area contributed by atoms with Gasteiger partial charge in [-0.05, 0) is 45.0 Å². The van der Waals surface area contributed by atoms with Gasteiger partial charge in [0, 0.05) is 33.8 Å². The Morgan fingerprint density at radius 3 is 2.58 bits per heavy atom. The van der Waals surface area contributed by atoms with Gasteiger partial charge in [-0.25, -0.2) is 4.98 Å². The van der Waals surface area contributed by atoms with Gasteiger partial charge in [0.25, 0.3) is 0 Å². The van der Waals surface area contributed by atoms with Crippen LogP contribution in [-0.4, -0.2) is 16.7 Å². The second-order valence-corrected chi connectivity index (χ2v) is 8.41. The quantitative estimate of drug-likeness (QED) is 0.661. The minimum atomic E-state index is -0.145. The highest BCUT2D eigenvalue weighted by Crippen LogP contribution is 2.25. The molecule has 1 amide bonds. The van der Waals surface area contributed by atoms with Crippen molar-refractivity contribution in [3.63, 3.8) is 0 Å². The number of hydrogen-bond acceptors (Lipinski definition) is 5. The average molecular weight is 358 g/mol. The van der Waals surface area contributed by atoms with Gasteiger partial charge in [0.1, 0.15) is 0 Å². The van der Waals surface area contributed by atoms with E-state index in [1.54, 1.807) is 22.7 Å². The third-order valence-electron chi connectivity index (χ3n) is 3.70. The number of Topliss-reactive ketones (excluding diaryl/α,β-unsaturated/α-hetero) is 1. The first-order valence-electron chi connectivity index (χ1n) is 7.69. The molecule has 1 N–H and O–H groups in total. The molecule has 3 rings (SSSR count). The second-order valence-electron chi connectivity index (χ2n) is 5.71. The van der Waals surface area contributed by atoms with Crippen molar-refractivity contribution in [1.29, 1.82) is 0 Å². The van der Waals surface area contributed by atoms with Gasteiger partial charge in [-0.2, -0.15) is 0 Å². The number of aryl methyl sites for hydroxylation is 3. The van der Waals surface area contributed by atoms with Gasteiger partial charge in [0.15, 0.2) is 5.78 Å². The smallest absolute Gasteiger partial charge is 0.224 e. The molecule has 4 nitrogen and oxygen atoms in total. The van der Waals surface area contributed by atoms with Crippen LogP contribution in [0.5, 0.6) is 0 Å². The summed E-state index contributed by atoms with van der Waals surface area (Å²) in [6.07, 6.45) is 0.414. The molecule has 0 unspecified atom stereocenters. The van der Waals surface area contributed by atoms with Crippen LogP contribution in [0.4, 0.5) is 5.69 Å². The summed E-state index contributed by atoms with van der Waals surface area (Å²) in [6.45, 7) is 5.89. The van der Waals surface area contributed by atoms with Gasteiger partial charge in [0.05, 0.1) is 15.2 Å². The standard InChI is InChI=1S/C18H18N2O2S2/c1-10-8-14(11(2)23-10)16(21)6-7-18(22)20-13-4-5-15-17(9-13)24-12(3)19-15/h4-5,8-9H,6-7H2,1-3H3,(H,20,22). The molecule has 0 atom stereocenters. The lowest BCUT2D eigenvalue weighted by atomic mass is 10.1. The van der Waals surface area contributed by atoms with Crippen LogP contribution in [0.25, 0.3) is 10.2 Å². The number of amides is 1. The van der Waals surface area contributed by atoms with E-state index in [9.17, 15) is 9.59 Å². The van der Waals surface area contributed by atoms with Gasteiger partial charge < -0.3 is 5.32 Å². The molecule has 3 aromatic rings. The van der Waals surface area contributed by atoms with Crippen LogP contribution >= 0.6 is 22.7 Å². The van der Waals surface area contributed by atoms with Crippen molar-refractivity contribution in [3.8, 4) is 0 Å². The lowest BCUT2D eigenvalue weighted by Crippen LogP contribution is -2.13. The van der Waals surface area contributed by atoms with Crippen molar-refractivity contribution >= 4 is 50.3 Å². The lowest BCUT2D eigenvalue weighted by Gasteiger charge is -2.05. The summed E-state index contributed by atoms with van der Waals surface area (Å²) >= 11 is 3.21. The Morgan fingerprint density at radius 2 is 1.88 bits per heavy atom. The number of hydrogen-bond donors (Lipinski definition) is 1. The maximum absolute atomic E-state index is 12.2. The van der Waals surface area contributed by atoms with Crippen molar-refractivity contribution in [2.45, 2.75) is 33.6 Å². The number of thiazole rings is 1. The minimum Gasteiger partial charge on any atom is -0.326 e. The molecular formula is C18H18N2O2S2. The normalized spacial score (nSPS) is 11.0. The van der Waals surface area contributed by atoms with Gasteiger partial charge in [-0.15, -0.1) is 22.7 Å². The molecule has 0 aliphatic rings. The molecule has 0 fully saturated rings. The van der Waals surface area contributed by atoms with E-state index in [1.165, 1.54) is 0 Å². The zero-order valence-corrected chi connectivity index (χ0v) is 15.4. The molecule has 0 saturated heterocycles. The third-order valence-corrected chi connectivity index (χ3v) is 5.60. The highest BCUT2D eigenvalue weighted by Gasteiger charge is 2.14. The monoisotopic (exact) mass is 358 g/mol. The molecule has 0 aliphatic carbocycles. The number of ketones is 1. The Kier molecular flexibility index (Phi) is 4.78. The number of aromatic nitrogens is 1. The van der Waals surface area contributed by atoms with E-state index in [0.717, 1.165) is 36.2 Å². The Bertz CT molecular complexity index is 924. The minimum absolute atomic E-state index is 0.0283. The van der Waals surface area contributed by atoms with Crippen LogP contribution in [0.3, 0.4) is 0 Å². The van der Waals surface area contributed by atoms with E-state index in [2.05, 4.69) is 10.3 Å². The zero-order valence-electron chi connectivity index (χ0n) is 13.8. The molecular weight excluding hydrogens is 340 g/mol. The number of anilines is 1. The summed E-state index contributed by atoms with van der Waals surface area (Å²) in [5.74, 6) is -0.117. The Hall–Kier alpha value is -2.05. The Balaban J connectivity index is 1.60. The van der Waals surface area contributed by atoms with Crippen LogP contribution in [0, 0.1) is 20.8 Å². The van der Waals surface area contributed by atoms with E-state index in [0.29, 0.717) is 0 Å². The summed E-state index contributed by atoms with van der Waals surface area (Å²) in [5.41, 5.74) is 2.42. The summed E-state index contributed by atoms with van der Waals surface area (Å²) in [7, 11) is 0. The zero-order chi connectivity index (χ0) is 17.3. The highest BCUT2D eigenvalue weighted by molar-refractivity contribution is 7.18. The number of carbonyl (C=O) groups excluding carboxylic acids is 2. The maximum atomic E-state index is 12.2. The molecule has 0 spiro atoms. The van der Waals surface area contributed by atoms with Crippen molar-refractivity contribution < 1.29 is 9.59 Å². The average Bonchev–Trinajstić information content (AvgIpc) is 3.05. The van der Waals surface area contributed by atoms with Crippen LogP contribution in [0.1, 0.15) is 38.0 Å².